The zero-order chi connectivity index (χ0) is 14.8. The summed E-state index contributed by atoms with van der Waals surface area (Å²) in [5.41, 5.74) is 1.81. The van der Waals surface area contributed by atoms with E-state index < -0.39 is 0 Å². The van der Waals surface area contributed by atoms with Crippen molar-refractivity contribution in [3.05, 3.63) is 35.4 Å². The van der Waals surface area contributed by atoms with Crippen molar-refractivity contribution < 1.29 is 9.53 Å². The summed E-state index contributed by atoms with van der Waals surface area (Å²) < 4.78 is 5.14. The summed E-state index contributed by atoms with van der Waals surface area (Å²) in [6, 6.07) is 9.33. The number of hydrogen-bond acceptors (Lipinski definition) is 3. The highest BCUT2D eigenvalue weighted by molar-refractivity contribution is 5.94. The Labute approximate surface area is 126 Å². The van der Waals surface area contributed by atoms with Crippen molar-refractivity contribution in [3.63, 3.8) is 0 Å². The van der Waals surface area contributed by atoms with Crippen LogP contribution in [0.2, 0.25) is 0 Å². The molecule has 0 aliphatic carbocycles. The van der Waals surface area contributed by atoms with Crippen molar-refractivity contribution in [1.29, 1.82) is 0 Å². The van der Waals surface area contributed by atoms with Gasteiger partial charge >= 0.3 is 0 Å². The zero-order valence-corrected chi connectivity index (χ0v) is 12.8. The fraction of sp³-hybridized carbons (Fsp3) is 0.588. The number of benzene rings is 1. The topological polar surface area (TPSA) is 41.6 Å². The number of carbonyl (C=O) groups excluding carboxylic acids is 1. The highest BCUT2D eigenvalue weighted by Gasteiger charge is 2.36. The summed E-state index contributed by atoms with van der Waals surface area (Å²) in [5.74, 6) is 0.124. The molecular weight excluding hydrogens is 264 g/mol. The molecule has 0 aromatic heterocycles. The maximum Gasteiger partial charge on any atom is 0.253 e. The van der Waals surface area contributed by atoms with E-state index in [2.05, 4.69) is 5.32 Å². The summed E-state index contributed by atoms with van der Waals surface area (Å²) in [6.07, 6.45) is 4.67. The van der Waals surface area contributed by atoms with Gasteiger partial charge in [0.2, 0.25) is 0 Å². The number of rotatable bonds is 4. The molecule has 2 heterocycles. The predicted molar refractivity (Wildman–Crippen MR) is 82.2 cm³/mol. The number of fused-ring (bicyclic) bond motifs is 2. The van der Waals surface area contributed by atoms with Crippen LogP contribution in [0.15, 0.2) is 24.3 Å². The summed E-state index contributed by atoms with van der Waals surface area (Å²) in [4.78, 5) is 14.6. The second-order valence-electron chi connectivity index (χ2n) is 6.31. The lowest BCUT2D eigenvalue weighted by molar-refractivity contribution is 0.0681. The van der Waals surface area contributed by atoms with Gasteiger partial charge in [-0.15, -0.1) is 0 Å². The van der Waals surface area contributed by atoms with Crippen LogP contribution >= 0.6 is 0 Å². The van der Waals surface area contributed by atoms with E-state index in [-0.39, 0.29) is 5.91 Å². The minimum Gasteiger partial charge on any atom is -0.380 e. The average molecular weight is 288 g/mol. The summed E-state index contributed by atoms with van der Waals surface area (Å²) in [5, 5.41) is 3.63. The van der Waals surface area contributed by atoms with Gasteiger partial charge in [0.05, 0.1) is 6.61 Å². The maximum absolute atomic E-state index is 12.7. The number of nitrogens with one attached hydrogen (secondary N) is 1. The van der Waals surface area contributed by atoms with E-state index in [1.807, 2.05) is 36.2 Å². The van der Waals surface area contributed by atoms with Crippen LogP contribution in [0, 0.1) is 0 Å². The van der Waals surface area contributed by atoms with E-state index in [9.17, 15) is 4.79 Å². The second kappa shape index (κ2) is 6.16. The molecule has 21 heavy (non-hydrogen) atoms. The standard InChI is InChI=1S/C17H24N2O2/c1-19(16-9-14-6-7-15(10-16)18-14)17(20)13-5-3-4-12(8-13)11-21-2/h3-5,8,14-16,18H,6-7,9-11H2,1-2H3. The lowest BCUT2D eigenvalue weighted by atomic mass is 9.97. The molecule has 114 valence electrons. The van der Waals surface area contributed by atoms with Gasteiger partial charge in [-0.2, -0.15) is 0 Å². The molecule has 2 fully saturated rings. The van der Waals surface area contributed by atoms with Crippen LogP contribution in [0.1, 0.15) is 41.6 Å². The zero-order valence-electron chi connectivity index (χ0n) is 12.8. The fourth-order valence-corrected chi connectivity index (χ4v) is 3.67. The molecule has 0 radical (unpaired) electrons. The Balaban J connectivity index is 1.70. The van der Waals surface area contributed by atoms with Gasteiger partial charge in [-0.25, -0.2) is 0 Å². The molecule has 1 aromatic carbocycles. The predicted octanol–water partition coefficient (Wildman–Crippen LogP) is 2.19. The Morgan fingerprint density at radius 3 is 2.71 bits per heavy atom. The van der Waals surface area contributed by atoms with E-state index >= 15 is 0 Å². The van der Waals surface area contributed by atoms with Crippen molar-refractivity contribution in [2.75, 3.05) is 14.2 Å². The molecule has 2 aliphatic rings. The van der Waals surface area contributed by atoms with Crippen molar-refractivity contribution >= 4 is 5.91 Å². The summed E-state index contributed by atoms with van der Waals surface area (Å²) >= 11 is 0. The molecule has 3 rings (SSSR count). The number of hydrogen-bond donors (Lipinski definition) is 1. The van der Waals surface area contributed by atoms with Gasteiger partial charge in [-0.1, -0.05) is 12.1 Å². The number of ether oxygens (including phenoxy) is 1. The third kappa shape index (κ3) is 3.11. The van der Waals surface area contributed by atoms with Crippen LogP contribution in [0.25, 0.3) is 0 Å². The van der Waals surface area contributed by atoms with E-state index in [0.717, 1.165) is 24.0 Å². The molecule has 4 nitrogen and oxygen atoms in total. The second-order valence-corrected chi connectivity index (χ2v) is 6.31. The van der Waals surface area contributed by atoms with Crippen LogP contribution in [0.3, 0.4) is 0 Å². The monoisotopic (exact) mass is 288 g/mol. The largest absolute Gasteiger partial charge is 0.380 e. The molecular formula is C17H24N2O2. The van der Waals surface area contributed by atoms with Crippen molar-refractivity contribution in [2.24, 2.45) is 0 Å². The minimum absolute atomic E-state index is 0.124. The molecule has 0 saturated carbocycles. The summed E-state index contributed by atoms with van der Waals surface area (Å²) in [7, 11) is 3.62. The van der Waals surface area contributed by atoms with E-state index in [1.165, 1.54) is 12.8 Å². The number of carbonyl (C=O) groups is 1. The Bertz CT molecular complexity index is 505. The number of amides is 1. The fourth-order valence-electron chi connectivity index (χ4n) is 3.67. The van der Waals surface area contributed by atoms with Gasteiger partial charge in [0.15, 0.2) is 0 Å². The highest BCUT2D eigenvalue weighted by Crippen LogP contribution is 2.29. The smallest absolute Gasteiger partial charge is 0.253 e. The van der Waals surface area contributed by atoms with Crippen LogP contribution in [-0.4, -0.2) is 43.1 Å². The van der Waals surface area contributed by atoms with Crippen molar-refractivity contribution in [2.45, 2.75) is 50.4 Å². The summed E-state index contributed by atoms with van der Waals surface area (Å²) in [6.45, 7) is 0.544. The molecule has 4 heteroatoms. The van der Waals surface area contributed by atoms with Gasteiger partial charge in [0.1, 0.15) is 0 Å². The number of nitrogens with zero attached hydrogens (tertiary/aromatic N) is 1. The molecule has 2 aliphatic heterocycles. The Morgan fingerprint density at radius 2 is 2.05 bits per heavy atom. The quantitative estimate of drug-likeness (QED) is 0.923. The van der Waals surface area contributed by atoms with Crippen molar-refractivity contribution in [1.82, 2.24) is 10.2 Å². The lowest BCUT2D eigenvalue weighted by Gasteiger charge is -2.35. The Morgan fingerprint density at radius 1 is 1.33 bits per heavy atom. The number of methoxy groups -OCH3 is 1. The van der Waals surface area contributed by atoms with Gasteiger partial charge in [-0.3, -0.25) is 4.79 Å². The first-order chi connectivity index (χ1) is 10.2. The lowest BCUT2D eigenvalue weighted by Crippen LogP contribution is -2.48. The Kier molecular flexibility index (Phi) is 4.27. The molecule has 2 unspecified atom stereocenters. The molecule has 2 saturated heterocycles. The molecule has 2 bridgehead atoms. The third-order valence-corrected chi connectivity index (χ3v) is 4.80. The first-order valence-corrected chi connectivity index (χ1v) is 7.78. The van der Waals surface area contributed by atoms with E-state index in [0.29, 0.717) is 24.7 Å². The molecule has 1 aromatic rings. The van der Waals surface area contributed by atoms with Crippen LogP contribution in [-0.2, 0) is 11.3 Å². The van der Waals surface area contributed by atoms with E-state index in [1.54, 1.807) is 7.11 Å². The molecule has 2 atom stereocenters. The van der Waals surface area contributed by atoms with Crippen LogP contribution < -0.4 is 5.32 Å². The Hall–Kier alpha value is -1.39. The molecule has 0 spiro atoms. The van der Waals surface area contributed by atoms with Gasteiger partial charge in [-0.05, 0) is 43.4 Å². The van der Waals surface area contributed by atoms with Crippen molar-refractivity contribution in [3.8, 4) is 0 Å². The van der Waals surface area contributed by atoms with Gasteiger partial charge in [0, 0.05) is 37.8 Å². The van der Waals surface area contributed by atoms with Crippen LogP contribution in [0.4, 0.5) is 0 Å². The minimum atomic E-state index is 0.124. The maximum atomic E-state index is 12.7. The highest BCUT2D eigenvalue weighted by atomic mass is 16.5. The molecule has 1 amide bonds. The van der Waals surface area contributed by atoms with Gasteiger partial charge in [0.25, 0.3) is 5.91 Å². The first-order valence-electron chi connectivity index (χ1n) is 7.78. The first kappa shape index (κ1) is 14.5. The SMILES string of the molecule is COCc1cccc(C(=O)N(C)C2CC3CCC(C2)N3)c1. The van der Waals surface area contributed by atoms with Crippen LogP contribution in [0.5, 0.6) is 0 Å². The molecule has 1 N–H and O–H groups in total. The van der Waals surface area contributed by atoms with Gasteiger partial charge < -0.3 is 15.0 Å². The normalized spacial score (nSPS) is 27.6. The van der Waals surface area contributed by atoms with E-state index in [4.69, 9.17) is 4.74 Å². The third-order valence-electron chi connectivity index (χ3n) is 4.80. The average Bonchev–Trinajstić information content (AvgIpc) is 2.84. The number of piperidine rings is 1.